The van der Waals surface area contributed by atoms with Crippen molar-refractivity contribution in [3.8, 4) is 11.1 Å². The first-order chi connectivity index (χ1) is 12.6. The summed E-state index contributed by atoms with van der Waals surface area (Å²) in [6.07, 6.45) is 1.35. The molecule has 1 aliphatic rings. The highest BCUT2D eigenvalue weighted by atomic mass is 16.4. The predicted molar refractivity (Wildman–Crippen MR) is 92.8 cm³/mol. The molecule has 0 saturated carbocycles. The van der Waals surface area contributed by atoms with E-state index in [0.717, 1.165) is 11.1 Å². The first kappa shape index (κ1) is 15.8. The molecule has 6 heteroatoms. The quantitative estimate of drug-likeness (QED) is 0.735. The van der Waals surface area contributed by atoms with E-state index in [1.54, 1.807) is 30.3 Å². The fourth-order valence-electron chi connectivity index (χ4n) is 3.29. The molecule has 0 radical (unpaired) electrons. The Bertz CT molecular complexity index is 1020. The summed E-state index contributed by atoms with van der Waals surface area (Å²) in [5.74, 6) is -3.22. The number of Topliss-reactive ketones (excluding diaryl/α,β-unsaturated/α-hetero) is 1. The first-order valence-corrected chi connectivity index (χ1v) is 7.92. The number of fused-ring (bicyclic) bond motifs is 3. The van der Waals surface area contributed by atoms with E-state index in [9.17, 15) is 19.5 Å². The predicted octanol–water partition coefficient (Wildman–Crippen LogP) is 3.30. The van der Waals surface area contributed by atoms with Crippen molar-refractivity contribution in [2.24, 2.45) is 0 Å². The number of carbonyl (C=O) groups is 3. The standard InChI is InChI=1S/C20H13NO5/c22-18(20(24)25)17-14-8-2-1-6-12(14)13-7-3-4-9-15(13)21(17)19(23)16-10-5-11-26-16/h1-11,17H,(H,24,25). The number of carboxylic acids is 1. The Labute approximate surface area is 148 Å². The third-order valence-electron chi connectivity index (χ3n) is 4.38. The van der Waals surface area contributed by atoms with Gasteiger partial charge in [-0.15, -0.1) is 0 Å². The lowest BCUT2D eigenvalue weighted by atomic mass is 9.86. The number of para-hydroxylation sites is 1. The van der Waals surface area contributed by atoms with Crippen LogP contribution in [0.4, 0.5) is 5.69 Å². The minimum absolute atomic E-state index is 0.0300. The van der Waals surface area contributed by atoms with Crippen LogP contribution in [0.3, 0.4) is 0 Å². The van der Waals surface area contributed by atoms with E-state index in [-0.39, 0.29) is 5.76 Å². The van der Waals surface area contributed by atoms with Gasteiger partial charge in [0.1, 0.15) is 6.04 Å². The minimum atomic E-state index is -1.60. The summed E-state index contributed by atoms with van der Waals surface area (Å²) < 4.78 is 5.19. The van der Waals surface area contributed by atoms with E-state index >= 15 is 0 Å². The van der Waals surface area contributed by atoms with Gasteiger partial charge in [-0.1, -0.05) is 42.5 Å². The number of hydrogen-bond acceptors (Lipinski definition) is 4. The van der Waals surface area contributed by atoms with Crippen molar-refractivity contribution < 1.29 is 23.9 Å². The number of carboxylic acid groups (broad SMARTS) is 1. The minimum Gasteiger partial charge on any atom is -0.475 e. The Morgan fingerprint density at radius 3 is 2.27 bits per heavy atom. The van der Waals surface area contributed by atoms with Crippen molar-refractivity contribution >= 4 is 23.3 Å². The maximum atomic E-state index is 13.1. The van der Waals surface area contributed by atoms with E-state index in [4.69, 9.17) is 4.42 Å². The second-order valence-electron chi connectivity index (χ2n) is 5.83. The largest absolute Gasteiger partial charge is 0.475 e. The van der Waals surface area contributed by atoms with E-state index in [1.165, 1.54) is 17.2 Å². The summed E-state index contributed by atoms with van der Waals surface area (Å²) in [6.45, 7) is 0. The van der Waals surface area contributed by atoms with Crippen molar-refractivity contribution in [1.29, 1.82) is 0 Å². The second kappa shape index (κ2) is 6.00. The molecule has 6 nitrogen and oxygen atoms in total. The van der Waals surface area contributed by atoms with Gasteiger partial charge in [0.05, 0.1) is 12.0 Å². The van der Waals surface area contributed by atoms with Gasteiger partial charge in [0.2, 0.25) is 0 Å². The van der Waals surface area contributed by atoms with Crippen LogP contribution in [-0.2, 0) is 9.59 Å². The van der Waals surface area contributed by atoms with Crippen LogP contribution in [0.2, 0.25) is 0 Å². The number of rotatable bonds is 3. The highest BCUT2D eigenvalue weighted by Gasteiger charge is 2.42. The molecule has 26 heavy (non-hydrogen) atoms. The first-order valence-electron chi connectivity index (χ1n) is 7.92. The highest BCUT2D eigenvalue weighted by Crippen LogP contribution is 2.45. The van der Waals surface area contributed by atoms with Gasteiger partial charge in [-0.2, -0.15) is 0 Å². The summed E-state index contributed by atoms with van der Waals surface area (Å²) in [6, 6.07) is 15.8. The van der Waals surface area contributed by atoms with Crippen LogP contribution in [0.15, 0.2) is 71.3 Å². The molecule has 4 rings (SSSR count). The van der Waals surface area contributed by atoms with Crippen molar-refractivity contribution in [3.63, 3.8) is 0 Å². The van der Waals surface area contributed by atoms with Crippen molar-refractivity contribution in [1.82, 2.24) is 0 Å². The number of carbonyl (C=O) groups excluding carboxylic acids is 2. The number of anilines is 1. The summed E-state index contributed by atoms with van der Waals surface area (Å²) in [5.41, 5.74) is 2.41. The van der Waals surface area contributed by atoms with E-state index in [0.29, 0.717) is 11.3 Å². The molecular formula is C20H13NO5. The molecule has 0 fully saturated rings. The van der Waals surface area contributed by atoms with Gasteiger partial charge in [-0.05, 0) is 29.3 Å². The zero-order valence-corrected chi connectivity index (χ0v) is 13.5. The van der Waals surface area contributed by atoms with Gasteiger partial charge in [-0.25, -0.2) is 4.79 Å². The van der Waals surface area contributed by atoms with E-state index in [1.807, 2.05) is 24.3 Å². The molecule has 2 heterocycles. The van der Waals surface area contributed by atoms with Gasteiger partial charge in [0.25, 0.3) is 11.7 Å². The monoisotopic (exact) mass is 347 g/mol. The lowest BCUT2D eigenvalue weighted by molar-refractivity contribution is -0.149. The Morgan fingerprint density at radius 2 is 1.58 bits per heavy atom. The number of benzene rings is 2. The van der Waals surface area contributed by atoms with Gasteiger partial charge >= 0.3 is 5.97 Å². The average molecular weight is 347 g/mol. The Kier molecular flexibility index (Phi) is 3.65. The van der Waals surface area contributed by atoms with Crippen LogP contribution >= 0.6 is 0 Å². The van der Waals surface area contributed by atoms with E-state index in [2.05, 4.69) is 0 Å². The molecule has 1 N–H and O–H groups in total. The van der Waals surface area contributed by atoms with Gasteiger partial charge in [0, 0.05) is 5.56 Å². The number of amides is 1. The average Bonchev–Trinajstić information content (AvgIpc) is 3.20. The molecule has 1 amide bonds. The number of furan rings is 1. The Hall–Kier alpha value is -3.67. The lowest BCUT2D eigenvalue weighted by Gasteiger charge is -2.36. The van der Waals surface area contributed by atoms with Crippen LogP contribution in [0.25, 0.3) is 11.1 Å². The highest BCUT2D eigenvalue weighted by molar-refractivity contribution is 6.37. The van der Waals surface area contributed by atoms with Crippen molar-refractivity contribution in [2.45, 2.75) is 6.04 Å². The third-order valence-corrected chi connectivity index (χ3v) is 4.38. The third kappa shape index (κ3) is 2.31. The van der Waals surface area contributed by atoms with Gasteiger partial charge in [-0.3, -0.25) is 14.5 Å². The fourth-order valence-corrected chi connectivity index (χ4v) is 3.29. The molecule has 0 spiro atoms. The van der Waals surface area contributed by atoms with Gasteiger partial charge in [0.15, 0.2) is 5.76 Å². The topological polar surface area (TPSA) is 87.8 Å². The number of nitrogens with zero attached hydrogens (tertiary/aromatic N) is 1. The summed E-state index contributed by atoms with van der Waals surface area (Å²) in [7, 11) is 0. The second-order valence-corrected chi connectivity index (χ2v) is 5.83. The molecule has 0 saturated heterocycles. The number of ketones is 1. The van der Waals surface area contributed by atoms with E-state index < -0.39 is 23.7 Å². The maximum absolute atomic E-state index is 13.1. The van der Waals surface area contributed by atoms with Crippen LogP contribution in [0.1, 0.15) is 22.2 Å². The van der Waals surface area contributed by atoms with Crippen LogP contribution in [-0.4, -0.2) is 22.8 Å². The van der Waals surface area contributed by atoms with Crippen LogP contribution in [0, 0.1) is 0 Å². The zero-order chi connectivity index (χ0) is 18.3. The SMILES string of the molecule is O=C(O)C(=O)C1c2ccccc2-c2ccccc2N1C(=O)c1ccco1. The molecule has 0 bridgehead atoms. The van der Waals surface area contributed by atoms with Crippen LogP contribution < -0.4 is 4.90 Å². The normalized spacial score (nSPS) is 15.1. The molecule has 2 aromatic carbocycles. The molecule has 3 aromatic rings. The van der Waals surface area contributed by atoms with Crippen molar-refractivity contribution in [3.05, 3.63) is 78.3 Å². The Morgan fingerprint density at radius 1 is 0.885 bits per heavy atom. The maximum Gasteiger partial charge on any atom is 0.374 e. The number of aliphatic carboxylic acids is 1. The molecule has 128 valence electrons. The fraction of sp³-hybridized carbons (Fsp3) is 0.0500. The molecule has 1 unspecified atom stereocenters. The van der Waals surface area contributed by atoms with Gasteiger partial charge < -0.3 is 9.52 Å². The zero-order valence-electron chi connectivity index (χ0n) is 13.5. The Balaban J connectivity index is 1.99. The summed E-state index contributed by atoms with van der Waals surface area (Å²) in [4.78, 5) is 38.3. The molecule has 0 aliphatic carbocycles. The lowest BCUT2D eigenvalue weighted by Crippen LogP contribution is -2.43. The molecule has 1 aromatic heterocycles. The molecular weight excluding hydrogens is 334 g/mol. The van der Waals surface area contributed by atoms with Crippen molar-refractivity contribution in [2.75, 3.05) is 4.90 Å². The summed E-state index contributed by atoms with van der Waals surface area (Å²) in [5, 5.41) is 9.33. The molecule has 1 atom stereocenters. The number of hydrogen-bond donors (Lipinski definition) is 1. The van der Waals surface area contributed by atoms with Crippen LogP contribution in [0.5, 0.6) is 0 Å². The summed E-state index contributed by atoms with van der Waals surface area (Å²) >= 11 is 0. The molecule has 1 aliphatic heterocycles. The smallest absolute Gasteiger partial charge is 0.374 e.